The second kappa shape index (κ2) is 9.07. The number of nitrogens with one attached hydrogen (secondary N) is 1. The molecule has 0 heterocycles. The van der Waals surface area contributed by atoms with E-state index in [1.807, 2.05) is 12.1 Å². The van der Waals surface area contributed by atoms with Gasteiger partial charge in [0, 0.05) is 30.0 Å². The third-order valence-electron chi connectivity index (χ3n) is 5.03. The van der Waals surface area contributed by atoms with Crippen LogP contribution in [0.2, 0.25) is 5.02 Å². The van der Waals surface area contributed by atoms with Crippen molar-refractivity contribution in [3.05, 3.63) is 64.2 Å². The van der Waals surface area contributed by atoms with Crippen LogP contribution in [-0.4, -0.2) is 31.8 Å². The SMILES string of the molecule is O=C(O)CCCC(=O)c1ccc2c(c1)CC(CNS(=O)(=O)c1ccc(Cl)cc1)C2. The molecule has 1 aliphatic rings. The average molecular weight is 436 g/mol. The zero-order valence-electron chi connectivity index (χ0n) is 15.7. The summed E-state index contributed by atoms with van der Waals surface area (Å²) in [6.07, 6.45) is 1.93. The first-order valence-corrected chi connectivity index (χ1v) is 11.2. The van der Waals surface area contributed by atoms with Gasteiger partial charge in [0.05, 0.1) is 4.90 Å². The molecule has 0 saturated carbocycles. The Morgan fingerprint density at radius 1 is 1.03 bits per heavy atom. The van der Waals surface area contributed by atoms with Crippen LogP contribution in [-0.2, 0) is 27.7 Å². The molecule has 0 spiro atoms. The number of benzene rings is 2. The van der Waals surface area contributed by atoms with Crippen molar-refractivity contribution >= 4 is 33.4 Å². The summed E-state index contributed by atoms with van der Waals surface area (Å²) in [7, 11) is -3.60. The van der Waals surface area contributed by atoms with Crippen LogP contribution in [0, 0.1) is 5.92 Å². The molecule has 0 aromatic heterocycles. The van der Waals surface area contributed by atoms with Crippen molar-refractivity contribution in [3.63, 3.8) is 0 Å². The highest BCUT2D eigenvalue weighted by atomic mass is 35.5. The molecule has 29 heavy (non-hydrogen) atoms. The lowest BCUT2D eigenvalue weighted by atomic mass is 10.0. The lowest BCUT2D eigenvalue weighted by Crippen LogP contribution is -2.29. The molecule has 154 valence electrons. The maximum Gasteiger partial charge on any atom is 0.303 e. The Labute approximate surface area is 174 Å². The number of carbonyl (C=O) groups is 2. The molecule has 2 aromatic rings. The van der Waals surface area contributed by atoms with Gasteiger partial charge < -0.3 is 5.11 Å². The number of fused-ring (bicyclic) bond motifs is 1. The van der Waals surface area contributed by atoms with Crippen LogP contribution < -0.4 is 4.72 Å². The van der Waals surface area contributed by atoms with Crippen molar-refractivity contribution in [1.82, 2.24) is 4.72 Å². The molecule has 1 unspecified atom stereocenters. The molecule has 1 aliphatic carbocycles. The molecule has 0 radical (unpaired) electrons. The van der Waals surface area contributed by atoms with Crippen molar-refractivity contribution in [3.8, 4) is 0 Å². The van der Waals surface area contributed by atoms with E-state index in [1.165, 1.54) is 24.3 Å². The van der Waals surface area contributed by atoms with Gasteiger partial charge in [0.25, 0.3) is 0 Å². The van der Waals surface area contributed by atoms with Gasteiger partial charge in [0.1, 0.15) is 0 Å². The summed E-state index contributed by atoms with van der Waals surface area (Å²) in [4.78, 5) is 23.0. The zero-order chi connectivity index (χ0) is 21.0. The Balaban J connectivity index is 1.58. The normalized spacial score (nSPS) is 15.8. The first-order chi connectivity index (χ1) is 13.7. The summed E-state index contributed by atoms with van der Waals surface area (Å²) in [6, 6.07) is 11.5. The van der Waals surface area contributed by atoms with Gasteiger partial charge in [-0.15, -0.1) is 0 Å². The quantitative estimate of drug-likeness (QED) is 0.587. The second-order valence-corrected chi connectivity index (χ2v) is 9.44. The minimum Gasteiger partial charge on any atom is -0.481 e. The highest BCUT2D eigenvalue weighted by Crippen LogP contribution is 2.28. The molecule has 0 amide bonds. The molecule has 0 aliphatic heterocycles. The van der Waals surface area contributed by atoms with E-state index in [0.717, 1.165) is 17.5 Å². The molecular formula is C21H22ClNO5S. The topological polar surface area (TPSA) is 101 Å². The van der Waals surface area contributed by atoms with Crippen LogP contribution >= 0.6 is 11.6 Å². The fourth-order valence-electron chi connectivity index (χ4n) is 3.50. The third-order valence-corrected chi connectivity index (χ3v) is 6.72. The molecule has 1 atom stereocenters. The first kappa shape index (κ1) is 21.5. The Kier molecular flexibility index (Phi) is 6.72. The van der Waals surface area contributed by atoms with Gasteiger partial charge in [0.15, 0.2) is 5.78 Å². The maximum atomic E-state index is 12.4. The number of Topliss-reactive ketones (excluding diaryl/α,β-unsaturated/α-hetero) is 1. The van der Waals surface area contributed by atoms with Gasteiger partial charge in [-0.2, -0.15) is 0 Å². The maximum absolute atomic E-state index is 12.4. The molecule has 0 saturated heterocycles. The number of hydrogen-bond donors (Lipinski definition) is 2. The Morgan fingerprint density at radius 3 is 2.41 bits per heavy atom. The Hall–Kier alpha value is -2.22. The smallest absolute Gasteiger partial charge is 0.303 e. The number of sulfonamides is 1. The van der Waals surface area contributed by atoms with E-state index in [-0.39, 0.29) is 29.4 Å². The zero-order valence-corrected chi connectivity index (χ0v) is 17.3. The third kappa shape index (κ3) is 5.65. The summed E-state index contributed by atoms with van der Waals surface area (Å²) in [5, 5.41) is 9.16. The Morgan fingerprint density at radius 2 is 1.72 bits per heavy atom. The predicted octanol–water partition coefficient (Wildman–Crippen LogP) is 3.47. The molecular weight excluding hydrogens is 414 g/mol. The van der Waals surface area contributed by atoms with Crippen LogP contribution in [0.5, 0.6) is 0 Å². The van der Waals surface area contributed by atoms with Crippen LogP contribution in [0.3, 0.4) is 0 Å². The molecule has 2 aromatic carbocycles. The van der Waals surface area contributed by atoms with Crippen molar-refractivity contribution in [2.24, 2.45) is 5.92 Å². The standard InChI is InChI=1S/C21H22ClNO5S/c22-18-6-8-19(9-7-18)29(27,28)23-13-14-10-15-4-5-16(12-17(15)11-14)20(24)2-1-3-21(25)26/h4-9,12,14,23H,1-3,10-11,13H2,(H,25,26). The van der Waals surface area contributed by atoms with E-state index in [2.05, 4.69) is 4.72 Å². The second-order valence-electron chi connectivity index (χ2n) is 7.23. The van der Waals surface area contributed by atoms with E-state index in [4.69, 9.17) is 16.7 Å². The predicted molar refractivity (Wildman–Crippen MR) is 110 cm³/mol. The van der Waals surface area contributed by atoms with E-state index in [0.29, 0.717) is 30.0 Å². The van der Waals surface area contributed by atoms with Gasteiger partial charge in [-0.3, -0.25) is 9.59 Å². The van der Waals surface area contributed by atoms with E-state index < -0.39 is 16.0 Å². The summed E-state index contributed by atoms with van der Waals surface area (Å²) in [5.41, 5.74) is 2.74. The van der Waals surface area contributed by atoms with Crippen molar-refractivity contribution in [2.75, 3.05) is 6.54 Å². The molecule has 3 rings (SSSR count). The van der Waals surface area contributed by atoms with E-state index in [9.17, 15) is 18.0 Å². The number of aliphatic carboxylic acids is 1. The number of carbonyl (C=O) groups excluding carboxylic acids is 1. The van der Waals surface area contributed by atoms with Crippen molar-refractivity contribution < 1.29 is 23.1 Å². The number of carboxylic acids is 1. The molecule has 0 bridgehead atoms. The minimum atomic E-state index is -3.60. The fraction of sp³-hybridized carbons (Fsp3) is 0.333. The summed E-state index contributed by atoms with van der Waals surface area (Å²) >= 11 is 5.81. The highest BCUT2D eigenvalue weighted by molar-refractivity contribution is 7.89. The number of halogens is 1. The first-order valence-electron chi connectivity index (χ1n) is 9.36. The van der Waals surface area contributed by atoms with Crippen molar-refractivity contribution in [1.29, 1.82) is 0 Å². The largest absolute Gasteiger partial charge is 0.481 e. The Bertz CT molecular complexity index is 1020. The van der Waals surface area contributed by atoms with Gasteiger partial charge in [-0.25, -0.2) is 13.1 Å². The van der Waals surface area contributed by atoms with Crippen molar-refractivity contribution in [2.45, 2.75) is 37.0 Å². The summed E-state index contributed by atoms with van der Waals surface area (Å²) in [5.74, 6) is -0.860. The van der Waals surface area contributed by atoms with Gasteiger partial charge >= 0.3 is 5.97 Å². The van der Waals surface area contributed by atoms with Gasteiger partial charge in [-0.05, 0) is 66.6 Å². The summed E-state index contributed by atoms with van der Waals surface area (Å²) < 4.78 is 27.5. The number of rotatable bonds is 9. The van der Waals surface area contributed by atoms with Gasteiger partial charge in [-0.1, -0.05) is 23.7 Å². The molecule has 6 nitrogen and oxygen atoms in total. The van der Waals surface area contributed by atoms with E-state index >= 15 is 0 Å². The van der Waals surface area contributed by atoms with Crippen LogP contribution in [0.4, 0.5) is 0 Å². The summed E-state index contributed by atoms with van der Waals surface area (Å²) in [6.45, 7) is 0.307. The number of carboxylic acid groups (broad SMARTS) is 1. The van der Waals surface area contributed by atoms with Gasteiger partial charge in [0.2, 0.25) is 10.0 Å². The molecule has 2 N–H and O–H groups in total. The lowest BCUT2D eigenvalue weighted by molar-refractivity contribution is -0.137. The minimum absolute atomic E-state index is 0.0213. The van der Waals surface area contributed by atoms with Crippen LogP contribution in [0.1, 0.15) is 40.7 Å². The number of ketones is 1. The average Bonchev–Trinajstić information content (AvgIpc) is 3.08. The highest BCUT2D eigenvalue weighted by Gasteiger charge is 2.24. The van der Waals surface area contributed by atoms with E-state index in [1.54, 1.807) is 6.07 Å². The fourth-order valence-corrected chi connectivity index (χ4v) is 4.74. The van der Waals surface area contributed by atoms with Crippen LogP contribution in [0.15, 0.2) is 47.4 Å². The molecule has 0 fully saturated rings. The van der Waals surface area contributed by atoms with Crippen LogP contribution in [0.25, 0.3) is 0 Å². The lowest BCUT2D eigenvalue weighted by Gasteiger charge is -2.11. The molecule has 8 heteroatoms. The monoisotopic (exact) mass is 435 g/mol. The number of hydrogen-bond acceptors (Lipinski definition) is 4.